The number of unbranched alkanes of at least 4 members (excludes halogenated alkanes) is 26. The molecule has 0 aromatic heterocycles. The zero-order valence-corrected chi connectivity index (χ0v) is 52.8. The largest absolute Gasteiger partial charge is 0.454 e. The molecule has 11 heteroatoms. The van der Waals surface area contributed by atoms with Crippen LogP contribution < -0.4 is 5.32 Å². The minimum Gasteiger partial charge on any atom is -0.454 e. The summed E-state index contributed by atoms with van der Waals surface area (Å²) in [6, 6.07) is -1.05. The number of aliphatic hydroxyl groups is 5. The van der Waals surface area contributed by atoms with Crippen LogP contribution in [0.5, 0.6) is 0 Å². The molecule has 1 aliphatic rings. The van der Waals surface area contributed by atoms with Gasteiger partial charge in [0, 0.05) is 6.42 Å². The van der Waals surface area contributed by atoms with E-state index in [4.69, 9.17) is 14.2 Å². The van der Waals surface area contributed by atoms with Crippen LogP contribution >= 0.6 is 0 Å². The highest BCUT2D eigenvalue weighted by molar-refractivity contribution is 5.80. The molecule has 1 amide bonds. The Balaban J connectivity index is 2.63. The minimum absolute atomic E-state index is 0.113. The molecule has 1 saturated heterocycles. The number of carbonyl (C=O) groups is 2. The predicted octanol–water partition coefficient (Wildman–Crippen LogP) is 16.8. The van der Waals surface area contributed by atoms with E-state index in [1.165, 1.54) is 109 Å². The molecule has 6 N–H and O–H groups in total. The number of ether oxygens (including phenoxy) is 3. The first-order chi connectivity index (χ1) is 40.7. The van der Waals surface area contributed by atoms with Gasteiger partial charge in [-0.3, -0.25) is 9.59 Å². The summed E-state index contributed by atoms with van der Waals surface area (Å²) in [5.74, 6) is -1.23. The molecule has 1 heterocycles. The van der Waals surface area contributed by atoms with Gasteiger partial charge in [0.05, 0.1) is 25.4 Å². The van der Waals surface area contributed by atoms with Gasteiger partial charge in [0.25, 0.3) is 0 Å². The molecule has 8 unspecified atom stereocenters. The fourth-order valence-corrected chi connectivity index (χ4v) is 9.86. The molecule has 8 atom stereocenters. The summed E-state index contributed by atoms with van der Waals surface area (Å²) in [6.45, 7) is 5.63. The lowest BCUT2D eigenvalue weighted by Gasteiger charge is -2.41. The summed E-state index contributed by atoms with van der Waals surface area (Å²) >= 11 is 0. The van der Waals surface area contributed by atoms with Crippen molar-refractivity contribution in [2.45, 2.75) is 320 Å². The number of amides is 1. The van der Waals surface area contributed by atoms with Crippen molar-refractivity contribution in [2.75, 3.05) is 13.2 Å². The van der Waals surface area contributed by atoms with Gasteiger partial charge in [-0.15, -0.1) is 0 Å². The Morgan fingerprint density at radius 3 is 1.33 bits per heavy atom. The van der Waals surface area contributed by atoms with Crippen molar-refractivity contribution in [3.8, 4) is 0 Å². The van der Waals surface area contributed by atoms with Gasteiger partial charge in [0.1, 0.15) is 24.4 Å². The summed E-state index contributed by atoms with van der Waals surface area (Å²) in [5.41, 5.74) is 0. The molecule has 0 spiro atoms. The summed E-state index contributed by atoms with van der Waals surface area (Å²) in [4.78, 5) is 26.6. The fraction of sp³-hybridized carbons (Fsp3) is 0.722. The van der Waals surface area contributed by atoms with E-state index >= 15 is 0 Å². The molecular weight excluding hydrogens is 1040 g/mol. The molecule has 1 aliphatic heterocycles. The van der Waals surface area contributed by atoms with E-state index in [1.807, 2.05) is 6.08 Å². The van der Waals surface area contributed by atoms with Crippen LogP contribution in [0.15, 0.2) is 109 Å². The van der Waals surface area contributed by atoms with Gasteiger partial charge < -0.3 is 45.1 Å². The molecule has 0 aliphatic carbocycles. The lowest BCUT2D eigenvalue weighted by molar-refractivity contribution is -0.305. The summed E-state index contributed by atoms with van der Waals surface area (Å²) in [6.07, 6.45) is 69.8. The number of allylic oxidation sites excluding steroid dienone is 17. The van der Waals surface area contributed by atoms with Crippen LogP contribution in [0.2, 0.25) is 0 Å². The van der Waals surface area contributed by atoms with Gasteiger partial charge in [-0.25, -0.2) is 0 Å². The van der Waals surface area contributed by atoms with Crippen LogP contribution in [0.25, 0.3) is 0 Å². The molecule has 0 bridgehead atoms. The number of hydrogen-bond acceptors (Lipinski definition) is 10. The lowest BCUT2D eigenvalue weighted by atomic mass is 9.99. The smallest absolute Gasteiger partial charge is 0.306 e. The second-order valence-electron chi connectivity index (χ2n) is 22.8. The third-order valence-electron chi connectivity index (χ3n) is 15.2. The first kappa shape index (κ1) is 77.3. The van der Waals surface area contributed by atoms with Gasteiger partial charge in [-0.2, -0.15) is 0 Å². The quantitative estimate of drug-likeness (QED) is 0.0195. The Morgan fingerprint density at radius 2 is 0.867 bits per heavy atom. The summed E-state index contributed by atoms with van der Waals surface area (Å²) in [5, 5.41) is 57.1. The van der Waals surface area contributed by atoms with Gasteiger partial charge in [0.2, 0.25) is 5.91 Å². The zero-order chi connectivity index (χ0) is 60.3. The molecule has 0 saturated carbocycles. The van der Waals surface area contributed by atoms with Crippen molar-refractivity contribution in [2.24, 2.45) is 0 Å². The van der Waals surface area contributed by atoms with Crippen molar-refractivity contribution in [1.29, 1.82) is 0 Å². The van der Waals surface area contributed by atoms with Gasteiger partial charge in [0.15, 0.2) is 12.4 Å². The van der Waals surface area contributed by atoms with E-state index in [-0.39, 0.29) is 19.4 Å². The van der Waals surface area contributed by atoms with Crippen LogP contribution in [-0.2, 0) is 23.8 Å². The number of esters is 1. The molecule has 0 radical (unpaired) electrons. The number of carbonyl (C=O) groups excluding carboxylic acids is 2. The molecule has 83 heavy (non-hydrogen) atoms. The third-order valence-corrected chi connectivity index (χ3v) is 15.2. The highest BCUT2D eigenvalue weighted by Crippen LogP contribution is 2.26. The van der Waals surface area contributed by atoms with Crippen molar-refractivity contribution in [3.05, 3.63) is 109 Å². The van der Waals surface area contributed by atoms with Gasteiger partial charge in [-0.05, 0) is 109 Å². The average Bonchev–Trinajstić information content (AvgIpc) is 3.52. The Hall–Kier alpha value is -3.68. The van der Waals surface area contributed by atoms with Crippen LogP contribution in [-0.4, -0.2) is 99.6 Å². The van der Waals surface area contributed by atoms with E-state index in [0.29, 0.717) is 12.8 Å². The molecule has 0 aromatic carbocycles. The maximum absolute atomic E-state index is 13.4. The molecular formula is C72H123NO10. The van der Waals surface area contributed by atoms with Gasteiger partial charge >= 0.3 is 5.97 Å². The SMILES string of the molecule is CC/C=C\C/C=C\C/C=C\C/C=C\C/C=C\C/C=C\CCCCCC(O)C(=O)NC(COC1OC(CO)C(O)C(O)C1OC(=O)CCCCCCCCCCCCC/C=C\C/C=C\CCCCC)C(O)/C=C/CCCCCCCCCCC. The highest BCUT2D eigenvalue weighted by atomic mass is 16.7. The summed E-state index contributed by atoms with van der Waals surface area (Å²) in [7, 11) is 0. The fourth-order valence-electron chi connectivity index (χ4n) is 9.86. The second-order valence-corrected chi connectivity index (χ2v) is 22.8. The Morgan fingerprint density at radius 1 is 0.482 bits per heavy atom. The molecule has 1 fully saturated rings. The van der Waals surface area contributed by atoms with Gasteiger partial charge in [-0.1, -0.05) is 265 Å². The van der Waals surface area contributed by atoms with E-state index in [0.717, 1.165) is 116 Å². The van der Waals surface area contributed by atoms with E-state index in [1.54, 1.807) is 6.08 Å². The first-order valence-electron chi connectivity index (χ1n) is 33.7. The van der Waals surface area contributed by atoms with Crippen molar-refractivity contribution in [1.82, 2.24) is 5.32 Å². The zero-order valence-electron chi connectivity index (χ0n) is 52.8. The maximum atomic E-state index is 13.4. The third kappa shape index (κ3) is 46.2. The monoisotopic (exact) mass is 1160 g/mol. The number of rotatable bonds is 56. The molecule has 0 aromatic rings. The standard InChI is InChI=1S/C72H123NO10/c1-4-7-10-13-16-19-22-24-26-28-30-32-34-35-37-39-41-44-47-50-53-56-59-65(76)71(80)73-63(64(75)58-55-52-49-46-43-21-18-15-12-9-6-3)62-81-72-70(69(79)68(78)66(61-74)82-72)83-67(77)60-57-54-51-48-45-42-40-38-36-33-31-29-27-25-23-20-17-14-11-8-5-2/h7,10,16-17,19-20,24-27,30,32,35,37,41,44,55,58,63-66,68-70,72,74-76,78-79H,4-6,8-9,11-15,18,21-23,28-29,31,33-34,36,38-40,42-43,45-54,56-57,59-62H2,1-3H3,(H,73,80)/b10-7-,19-16-,20-17-,26-24-,27-25-,32-30-,37-35-,44-41-,58-55+. The lowest BCUT2D eigenvalue weighted by Crippen LogP contribution is -2.61. The minimum atomic E-state index is -1.63. The number of aliphatic hydroxyl groups excluding tert-OH is 5. The number of hydrogen-bond donors (Lipinski definition) is 6. The molecule has 11 nitrogen and oxygen atoms in total. The van der Waals surface area contributed by atoms with Crippen molar-refractivity contribution >= 4 is 11.9 Å². The van der Waals surface area contributed by atoms with E-state index in [2.05, 4.69) is 123 Å². The van der Waals surface area contributed by atoms with Crippen LogP contribution in [0.4, 0.5) is 0 Å². The van der Waals surface area contributed by atoms with E-state index < -0.39 is 67.4 Å². The Kier molecular flexibility index (Phi) is 54.7. The highest BCUT2D eigenvalue weighted by Gasteiger charge is 2.47. The summed E-state index contributed by atoms with van der Waals surface area (Å²) < 4.78 is 17.6. The molecule has 476 valence electrons. The first-order valence-corrected chi connectivity index (χ1v) is 33.7. The number of nitrogens with one attached hydrogen (secondary N) is 1. The molecule has 1 rings (SSSR count). The van der Waals surface area contributed by atoms with E-state index in [9.17, 15) is 35.1 Å². The van der Waals surface area contributed by atoms with Crippen LogP contribution in [0.1, 0.15) is 271 Å². The average molecular weight is 1160 g/mol. The van der Waals surface area contributed by atoms with Crippen molar-refractivity contribution in [3.63, 3.8) is 0 Å². The van der Waals surface area contributed by atoms with Crippen LogP contribution in [0, 0.1) is 0 Å². The Bertz CT molecular complexity index is 1770. The van der Waals surface area contributed by atoms with Crippen molar-refractivity contribution < 1.29 is 49.3 Å². The maximum Gasteiger partial charge on any atom is 0.306 e. The Labute approximate surface area is 507 Å². The topological polar surface area (TPSA) is 175 Å². The normalized spacial score (nSPS) is 19.3. The van der Waals surface area contributed by atoms with Crippen LogP contribution in [0.3, 0.4) is 0 Å². The second kappa shape index (κ2) is 58.7. The predicted molar refractivity (Wildman–Crippen MR) is 347 cm³/mol.